The number of amides is 2. The van der Waals surface area contributed by atoms with E-state index < -0.39 is 0 Å². The smallest absolute Gasteiger partial charge is 0.346 e. The van der Waals surface area contributed by atoms with Gasteiger partial charge < -0.3 is 10.2 Å². The first-order valence-electron chi connectivity index (χ1n) is 6.19. The first-order chi connectivity index (χ1) is 9.16. The van der Waals surface area contributed by atoms with Gasteiger partial charge in [0.05, 0.1) is 5.75 Å². The molecule has 0 aliphatic rings. The van der Waals surface area contributed by atoms with Crippen LogP contribution >= 0.6 is 11.8 Å². The third-order valence-electron chi connectivity index (χ3n) is 2.42. The second-order valence-electron chi connectivity index (χ2n) is 5.52. The van der Waals surface area contributed by atoms with Crippen LogP contribution in [-0.2, 0) is 10.2 Å². The van der Waals surface area contributed by atoms with Crippen LogP contribution in [0, 0.1) is 0 Å². The van der Waals surface area contributed by atoms with Crippen LogP contribution in [0.25, 0.3) is 0 Å². The number of nitrogens with zero attached hydrogens (tertiary/aromatic N) is 4. The first-order valence-corrected chi connectivity index (χ1v) is 7.18. The van der Waals surface area contributed by atoms with Gasteiger partial charge in [-0.1, -0.05) is 32.5 Å². The molecule has 1 aromatic rings. The molecule has 1 N–H and O–H groups in total. The molecule has 0 fully saturated rings. The van der Waals surface area contributed by atoms with E-state index in [9.17, 15) is 9.59 Å². The van der Waals surface area contributed by atoms with Crippen LogP contribution in [0.2, 0.25) is 0 Å². The highest BCUT2D eigenvalue weighted by Crippen LogP contribution is 2.23. The Morgan fingerprint density at radius 2 is 1.95 bits per heavy atom. The summed E-state index contributed by atoms with van der Waals surface area (Å²) in [5.74, 6) is 0.644. The molecule has 1 heterocycles. The van der Waals surface area contributed by atoms with Crippen molar-refractivity contribution in [2.75, 3.05) is 26.9 Å². The second-order valence-corrected chi connectivity index (χ2v) is 6.46. The molecule has 0 aromatic carbocycles. The maximum absolute atomic E-state index is 12.1. The number of hydrogen-bond acceptors (Lipinski definition) is 5. The summed E-state index contributed by atoms with van der Waals surface area (Å²) in [5.41, 5.74) is -0.264. The van der Waals surface area contributed by atoms with E-state index in [0.29, 0.717) is 11.0 Å². The summed E-state index contributed by atoms with van der Waals surface area (Å²) in [5, 5.41) is 7.23. The summed E-state index contributed by atoms with van der Waals surface area (Å²) < 4.78 is 1.24. The zero-order chi connectivity index (χ0) is 15.5. The zero-order valence-corrected chi connectivity index (χ0v) is 13.5. The molecule has 1 rings (SSSR count). The van der Waals surface area contributed by atoms with Crippen molar-refractivity contribution in [2.45, 2.75) is 31.3 Å². The predicted molar refractivity (Wildman–Crippen MR) is 78.0 cm³/mol. The molecule has 0 spiro atoms. The van der Waals surface area contributed by atoms with Crippen molar-refractivity contribution in [3.05, 3.63) is 5.82 Å². The number of aromatic nitrogens is 3. The van der Waals surface area contributed by atoms with Crippen molar-refractivity contribution in [3.8, 4) is 0 Å². The van der Waals surface area contributed by atoms with Gasteiger partial charge in [-0.25, -0.2) is 9.78 Å². The van der Waals surface area contributed by atoms with Crippen molar-refractivity contribution in [1.29, 1.82) is 0 Å². The van der Waals surface area contributed by atoms with Gasteiger partial charge in [0.25, 0.3) is 0 Å². The average Bonchev–Trinajstić information content (AvgIpc) is 2.78. The number of hydrogen-bond donors (Lipinski definition) is 1. The minimum Gasteiger partial charge on any atom is -0.358 e. The number of nitrogens with one attached hydrogen (secondary N) is 1. The van der Waals surface area contributed by atoms with Crippen LogP contribution in [0.4, 0.5) is 4.79 Å². The van der Waals surface area contributed by atoms with Crippen LogP contribution in [0.3, 0.4) is 0 Å². The fraction of sp³-hybridized carbons (Fsp3) is 0.667. The van der Waals surface area contributed by atoms with Crippen molar-refractivity contribution >= 4 is 23.7 Å². The van der Waals surface area contributed by atoms with E-state index in [1.807, 2.05) is 20.8 Å². The number of carbonyl (C=O) groups is 2. The summed E-state index contributed by atoms with van der Waals surface area (Å²) in [6, 6.07) is -0.285. The molecule has 0 unspecified atom stereocenters. The molecule has 20 heavy (non-hydrogen) atoms. The Bertz CT molecular complexity index is 504. The normalized spacial score (nSPS) is 11.3. The largest absolute Gasteiger partial charge is 0.358 e. The minimum absolute atomic E-state index is 0.126. The molecule has 0 aliphatic carbocycles. The maximum atomic E-state index is 12.1. The second kappa shape index (κ2) is 6.25. The first kappa shape index (κ1) is 16.5. The molecule has 0 bridgehead atoms. The van der Waals surface area contributed by atoms with Crippen molar-refractivity contribution in [1.82, 2.24) is 25.0 Å². The van der Waals surface area contributed by atoms with Gasteiger partial charge in [0.15, 0.2) is 11.0 Å². The summed E-state index contributed by atoms with van der Waals surface area (Å²) in [4.78, 5) is 29.2. The van der Waals surface area contributed by atoms with E-state index in [2.05, 4.69) is 15.4 Å². The Balaban J connectivity index is 3.09. The van der Waals surface area contributed by atoms with Crippen LogP contribution in [-0.4, -0.2) is 58.5 Å². The quantitative estimate of drug-likeness (QED) is 0.840. The van der Waals surface area contributed by atoms with Crippen molar-refractivity contribution in [3.63, 3.8) is 0 Å². The highest BCUT2D eigenvalue weighted by molar-refractivity contribution is 7.99. The molecular weight excluding hydrogens is 278 g/mol. The highest BCUT2D eigenvalue weighted by atomic mass is 32.2. The minimum atomic E-state index is -0.285. The van der Waals surface area contributed by atoms with E-state index in [0.717, 1.165) is 0 Å². The molecule has 2 amide bonds. The molecule has 0 radical (unpaired) electrons. The number of rotatable bonds is 3. The third-order valence-corrected chi connectivity index (χ3v) is 3.35. The fourth-order valence-corrected chi connectivity index (χ4v) is 2.02. The molecular formula is C12H21N5O2S. The molecule has 112 valence electrons. The zero-order valence-electron chi connectivity index (χ0n) is 12.7. The van der Waals surface area contributed by atoms with Gasteiger partial charge in [0, 0.05) is 26.6 Å². The summed E-state index contributed by atoms with van der Waals surface area (Å²) >= 11 is 1.19. The molecule has 0 aliphatic heterocycles. The topological polar surface area (TPSA) is 80.1 Å². The lowest BCUT2D eigenvalue weighted by molar-refractivity contribution is -0.118. The standard InChI is InChI=1S/C12H21N5O2S/c1-12(2,3)9-14-10(20-7-8(18)13-4)17(15-9)11(19)16(5)6/h7H2,1-6H3,(H,13,18). The summed E-state index contributed by atoms with van der Waals surface area (Å²) in [6.45, 7) is 5.92. The lowest BCUT2D eigenvalue weighted by atomic mass is 9.96. The number of carbonyl (C=O) groups excluding carboxylic acids is 2. The molecule has 0 saturated carbocycles. The molecule has 1 aromatic heterocycles. The Kier molecular flexibility index (Phi) is 5.15. The van der Waals surface area contributed by atoms with Crippen LogP contribution < -0.4 is 5.32 Å². The third kappa shape index (κ3) is 3.96. The SMILES string of the molecule is CNC(=O)CSc1nc(C(C)(C)C)nn1C(=O)N(C)C. The summed E-state index contributed by atoms with van der Waals surface area (Å²) in [7, 11) is 4.86. The van der Waals surface area contributed by atoms with Crippen LogP contribution in [0.5, 0.6) is 0 Å². The lowest BCUT2D eigenvalue weighted by Gasteiger charge is -2.13. The van der Waals surface area contributed by atoms with Gasteiger partial charge in [0.1, 0.15) is 0 Å². The molecule has 0 saturated heterocycles. The van der Waals surface area contributed by atoms with Crippen molar-refractivity contribution < 1.29 is 9.59 Å². The Labute approximate surface area is 123 Å². The Morgan fingerprint density at radius 3 is 2.40 bits per heavy atom. The molecule has 8 heteroatoms. The predicted octanol–water partition coefficient (Wildman–Crippen LogP) is 0.943. The van der Waals surface area contributed by atoms with E-state index in [4.69, 9.17) is 0 Å². The van der Waals surface area contributed by atoms with E-state index in [1.165, 1.54) is 21.3 Å². The van der Waals surface area contributed by atoms with E-state index in [1.54, 1.807) is 21.1 Å². The Hall–Kier alpha value is -1.57. The van der Waals surface area contributed by atoms with Gasteiger partial charge in [-0.05, 0) is 0 Å². The fourth-order valence-electron chi connectivity index (χ4n) is 1.23. The number of thioether (sulfide) groups is 1. The van der Waals surface area contributed by atoms with E-state index >= 15 is 0 Å². The van der Waals surface area contributed by atoms with Gasteiger partial charge in [-0.15, -0.1) is 5.10 Å². The molecule has 7 nitrogen and oxygen atoms in total. The van der Waals surface area contributed by atoms with Gasteiger partial charge in [-0.2, -0.15) is 4.68 Å². The van der Waals surface area contributed by atoms with Gasteiger partial charge >= 0.3 is 6.03 Å². The average molecular weight is 299 g/mol. The summed E-state index contributed by atoms with van der Waals surface area (Å²) in [6.07, 6.45) is 0. The van der Waals surface area contributed by atoms with Gasteiger partial charge in [-0.3, -0.25) is 4.79 Å². The van der Waals surface area contributed by atoms with Crippen molar-refractivity contribution in [2.24, 2.45) is 0 Å². The van der Waals surface area contributed by atoms with Crippen LogP contribution in [0.15, 0.2) is 5.16 Å². The molecule has 0 atom stereocenters. The lowest BCUT2D eigenvalue weighted by Crippen LogP contribution is -2.29. The Morgan fingerprint density at radius 1 is 1.35 bits per heavy atom. The van der Waals surface area contributed by atoms with E-state index in [-0.39, 0.29) is 23.1 Å². The van der Waals surface area contributed by atoms with Gasteiger partial charge in [0.2, 0.25) is 5.91 Å². The van der Waals surface area contributed by atoms with Crippen LogP contribution in [0.1, 0.15) is 26.6 Å². The highest BCUT2D eigenvalue weighted by Gasteiger charge is 2.25. The maximum Gasteiger partial charge on any atom is 0.346 e. The monoisotopic (exact) mass is 299 g/mol.